The zero-order valence-corrected chi connectivity index (χ0v) is 11.3. The van der Waals surface area contributed by atoms with Gasteiger partial charge < -0.3 is 14.7 Å². The minimum absolute atomic E-state index is 0.226. The number of carbonyl (C=O) groups is 2. The minimum Gasteiger partial charge on any atom is -0.480 e. The lowest BCUT2D eigenvalue weighted by Gasteiger charge is -2.28. The Balaban J connectivity index is 2.05. The number of carbonyl (C=O) groups excluding carboxylic acids is 1. The third kappa shape index (κ3) is 4.06. The SMILES string of the molecule is O=C(O)CN(Cc1ccccc1)C(=O)[C@H]1CCCCO1. The van der Waals surface area contributed by atoms with Gasteiger partial charge in [-0.1, -0.05) is 30.3 Å². The molecule has 1 heterocycles. The first-order chi connectivity index (χ1) is 9.66. The maximum Gasteiger partial charge on any atom is 0.323 e. The Morgan fingerprint density at radius 1 is 1.25 bits per heavy atom. The van der Waals surface area contributed by atoms with E-state index in [0.717, 1.165) is 18.4 Å². The Labute approximate surface area is 118 Å². The average molecular weight is 277 g/mol. The summed E-state index contributed by atoms with van der Waals surface area (Å²) in [5.74, 6) is -1.24. The molecule has 1 aromatic carbocycles. The normalized spacial score (nSPS) is 18.5. The first kappa shape index (κ1) is 14.5. The van der Waals surface area contributed by atoms with Crippen molar-refractivity contribution in [2.24, 2.45) is 0 Å². The van der Waals surface area contributed by atoms with Crippen molar-refractivity contribution >= 4 is 11.9 Å². The average Bonchev–Trinajstić information content (AvgIpc) is 2.47. The zero-order valence-electron chi connectivity index (χ0n) is 11.3. The van der Waals surface area contributed by atoms with Gasteiger partial charge in [-0.25, -0.2) is 0 Å². The van der Waals surface area contributed by atoms with Gasteiger partial charge in [0.2, 0.25) is 0 Å². The molecule has 2 rings (SSSR count). The van der Waals surface area contributed by atoms with Crippen molar-refractivity contribution in [3.63, 3.8) is 0 Å². The first-order valence-electron chi connectivity index (χ1n) is 6.83. The fourth-order valence-electron chi connectivity index (χ4n) is 2.32. The van der Waals surface area contributed by atoms with Gasteiger partial charge >= 0.3 is 5.97 Å². The van der Waals surface area contributed by atoms with Crippen LogP contribution in [0.3, 0.4) is 0 Å². The van der Waals surface area contributed by atoms with E-state index in [9.17, 15) is 9.59 Å². The van der Waals surface area contributed by atoms with E-state index in [1.807, 2.05) is 30.3 Å². The maximum atomic E-state index is 12.4. The van der Waals surface area contributed by atoms with Crippen LogP contribution in [0.4, 0.5) is 0 Å². The molecule has 0 unspecified atom stereocenters. The van der Waals surface area contributed by atoms with Gasteiger partial charge in [0.1, 0.15) is 12.6 Å². The molecule has 20 heavy (non-hydrogen) atoms. The number of nitrogens with zero attached hydrogens (tertiary/aromatic N) is 1. The van der Waals surface area contributed by atoms with Gasteiger partial charge in [0, 0.05) is 13.2 Å². The number of rotatable bonds is 5. The highest BCUT2D eigenvalue weighted by Crippen LogP contribution is 2.16. The zero-order chi connectivity index (χ0) is 14.4. The summed E-state index contributed by atoms with van der Waals surface area (Å²) in [6.07, 6.45) is 2.08. The van der Waals surface area contributed by atoms with Crippen LogP contribution in [0.15, 0.2) is 30.3 Å². The lowest BCUT2D eigenvalue weighted by atomic mass is 10.1. The molecule has 1 aliphatic heterocycles. The predicted octanol–water partition coefficient (Wildman–Crippen LogP) is 1.67. The van der Waals surface area contributed by atoms with Gasteiger partial charge in [-0.15, -0.1) is 0 Å². The van der Waals surface area contributed by atoms with E-state index in [1.54, 1.807) is 0 Å². The van der Waals surface area contributed by atoms with Crippen molar-refractivity contribution < 1.29 is 19.4 Å². The number of hydrogen-bond acceptors (Lipinski definition) is 3. The maximum absolute atomic E-state index is 12.4. The molecule has 1 amide bonds. The summed E-state index contributed by atoms with van der Waals surface area (Å²) in [5, 5.41) is 8.97. The highest BCUT2D eigenvalue weighted by Gasteiger charge is 2.28. The van der Waals surface area contributed by atoms with Crippen molar-refractivity contribution in [2.45, 2.75) is 31.9 Å². The fourth-order valence-corrected chi connectivity index (χ4v) is 2.32. The van der Waals surface area contributed by atoms with Gasteiger partial charge in [0.05, 0.1) is 0 Å². The van der Waals surface area contributed by atoms with Crippen molar-refractivity contribution in [3.8, 4) is 0 Å². The summed E-state index contributed by atoms with van der Waals surface area (Å²) in [4.78, 5) is 24.7. The molecule has 0 aliphatic carbocycles. The second kappa shape index (κ2) is 7.05. The third-order valence-electron chi connectivity index (χ3n) is 3.31. The van der Waals surface area contributed by atoms with Crippen molar-refractivity contribution in [1.29, 1.82) is 0 Å². The van der Waals surface area contributed by atoms with Crippen LogP contribution in [0.5, 0.6) is 0 Å². The van der Waals surface area contributed by atoms with Gasteiger partial charge in [0.25, 0.3) is 5.91 Å². The molecule has 1 saturated heterocycles. The predicted molar refractivity (Wildman–Crippen MR) is 73.1 cm³/mol. The van der Waals surface area contributed by atoms with Gasteiger partial charge in [-0.2, -0.15) is 0 Å². The summed E-state index contributed by atoms with van der Waals surface area (Å²) >= 11 is 0. The number of ether oxygens (including phenoxy) is 1. The monoisotopic (exact) mass is 277 g/mol. The van der Waals surface area contributed by atoms with Crippen LogP contribution in [0.2, 0.25) is 0 Å². The molecular formula is C15H19NO4. The molecule has 0 saturated carbocycles. The molecule has 0 radical (unpaired) electrons. The summed E-state index contributed by atoms with van der Waals surface area (Å²) in [6, 6.07) is 9.39. The number of benzene rings is 1. The molecule has 0 spiro atoms. The lowest BCUT2D eigenvalue weighted by molar-refractivity contribution is -0.153. The van der Waals surface area contributed by atoms with E-state index in [2.05, 4.69) is 0 Å². The van der Waals surface area contributed by atoms with Crippen LogP contribution in [0.1, 0.15) is 24.8 Å². The third-order valence-corrected chi connectivity index (χ3v) is 3.31. The Hall–Kier alpha value is -1.88. The van der Waals surface area contributed by atoms with E-state index in [0.29, 0.717) is 19.6 Å². The summed E-state index contributed by atoms with van der Waals surface area (Å²) < 4.78 is 5.46. The van der Waals surface area contributed by atoms with E-state index >= 15 is 0 Å². The quantitative estimate of drug-likeness (QED) is 0.889. The Bertz CT molecular complexity index is 454. The van der Waals surface area contributed by atoms with Gasteiger partial charge in [0.15, 0.2) is 0 Å². The summed E-state index contributed by atoms with van der Waals surface area (Å²) in [7, 11) is 0. The molecule has 1 aliphatic rings. The highest BCUT2D eigenvalue weighted by atomic mass is 16.5. The first-order valence-corrected chi connectivity index (χ1v) is 6.83. The van der Waals surface area contributed by atoms with Crippen LogP contribution in [0, 0.1) is 0 Å². The molecular weight excluding hydrogens is 258 g/mol. The molecule has 1 N–H and O–H groups in total. The largest absolute Gasteiger partial charge is 0.480 e. The van der Waals surface area contributed by atoms with Crippen LogP contribution in [-0.2, 0) is 20.9 Å². The van der Waals surface area contributed by atoms with Crippen LogP contribution in [0.25, 0.3) is 0 Å². The van der Waals surface area contributed by atoms with Crippen LogP contribution >= 0.6 is 0 Å². The second-order valence-electron chi connectivity index (χ2n) is 4.93. The standard InChI is InChI=1S/C15H19NO4/c17-14(18)11-16(10-12-6-2-1-3-7-12)15(19)13-8-4-5-9-20-13/h1-3,6-7,13H,4-5,8-11H2,(H,17,18)/t13-/m1/s1. The Kier molecular flexibility index (Phi) is 5.12. The number of amides is 1. The number of hydrogen-bond donors (Lipinski definition) is 1. The number of aliphatic carboxylic acids is 1. The minimum atomic E-state index is -1.01. The molecule has 1 aromatic rings. The van der Waals surface area contributed by atoms with Gasteiger partial charge in [-0.3, -0.25) is 9.59 Å². The topological polar surface area (TPSA) is 66.8 Å². The molecule has 1 fully saturated rings. The van der Waals surface area contributed by atoms with Crippen molar-refractivity contribution in [2.75, 3.05) is 13.2 Å². The van der Waals surface area contributed by atoms with Gasteiger partial charge in [-0.05, 0) is 24.8 Å². The van der Waals surface area contributed by atoms with Crippen molar-refractivity contribution in [1.82, 2.24) is 4.90 Å². The molecule has 1 atom stereocenters. The fraction of sp³-hybridized carbons (Fsp3) is 0.467. The molecule has 5 nitrogen and oxygen atoms in total. The number of carboxylic acid groups (broad SMARTS) is 1. The van der Waals surface area contributed by atoms with E-state index in [-0.39, 0.29) is 12.5 Å². The van der Waals surface area contributed by atoms with Crippen molar-refractivity contribution in [3.05, 3.63) is 35.9 Å². The van der Waals surface area contributed by atoms with Crippen LogP contribution in [-0.4, -0.2) is 41.1 Å². The molecule has 108 valence electrons. The smallest absolute Gasteiger partial charge is 0.323 e. The van der Waals surface area contributed by atoms with E-state index in [4.69, 9.17) is 9.84 Å². The Morgan fingerprint density at radius 3 is 2.60 bits per heavy atom. The number of carboxylic acids is 1. The Morgan fingerprint density at radius 2 is 2.00 bits per heavy atom. The lowest BCUT2D eigenvalue weighted by Crippen LogP contribution is -2.43. The molecule has 0 bridgehead atoms. The van der Waals surface area contributed by atoms with E-state index < -0.39 is 12.1 Å². The second-order valence-corrected chi connectivity index (χ2v) is 4.93. The molecule has 5 heteroatoms. The summed E-state index contributed by atoms with van der Waals surface area (Å²) in [5.41, 5.74) is 0.915. The molecule has 0 aromatic heterocycles. The van der Waals surface area contributed by atoms with E-state index in [1.165, 1.54) is 4.90 Å². The highest BCUT2D eigenvalue weighted by molar-refractivity contribution is 5.84. The van der Waals surface area contributed by atoms with Crippen LogP contribution < -0.4 is 0 Å². The summed E-state index contributed by atoms with van der Waals surface area (Å²) in [6.45, 7) is 0.572.